The molecule has 0 bridgehead atoms. The van der Waals surface area contributed by atoms with E-state index in [-0.39, 0.29) is 11.7 Å². The van der Waals surface area contributed by atoms with Crippen LogP contribution in [0.5, 0.6) is 0 Å². The fraction of sp³-hybridized carbons (Fsp3) is 0.467. The molecule has 3 unspecified atom stereocenters. The average Bonchev–Trinajstić information content (AvgIpc) is 3.02. The summed E-state index contributed by atoms with van der Waals surface area (Å²) in [6.45, 7) is 1.74. The Kier molecular flexibility index (Phi) is 2.68. The van der Waals surface area contributed by atoms with Crippen LogP contribution in [0.4, 0.5) is 11.4 Å². The summed E-state index contributed by atoms with van der Waals surface area (Å²) in [5.74, 6) is 0.884. The number of aromatic nitrogens is 2. The van der Waals surface area contributed by atoms with Gasteiger partial charge in [-0.25, -0.2) is 4.98 Å². The molecule has 4 rings (SSSR count). The van der Waals surface area contributed by atoms with Gasteiger partial charge in [0.05, 0.1) is 34.7 Å². The number of aliphatic hydroxyl groups excluding tert-OH is 1. The third-order valence-electron chi connectivity index (χ3n) is 4.95. The van der Waals surface area contributed by atoms with Crippen LogP contribution in [0, 0.1) is 11.8 Å². The molecule has 0 amide bonds. The molecule has 1 aromatic heterocycles. The van der Waals surface area contributed by atoms with Crippen molar-refractivity contribution in [2.75, 3.05) is 23.7 Å². The first-order valence-corrected chi connectivity index (χ1v) is 7.33. The van der Waals surface area contributed by atoms with Crippen LogP contribution in [0.15, 0.2) is 23.3 Å². The number of anilines is 2. The monoisotopic (exact) mass is 286 g/mol. The van der Waals surface area contributed by atoms with Crippen LogP contribution < -0.4 is 16.2 Å². The van der Waals surface area contributed by atoms with Gasteiger partial charge in [-0.3, -0.25) is 4.79 Å². The van der Waals surface area contributed by atoms with E-state index in [0.29, 0.717) is 28.4 Å². The normalized spacial score (nSPS) is 28.2. The maximum absolute atomic E-state index is 11.8. The topological polar surface area (TPSA) is 95.2 Å². The number of nitrogens with zero attached hydrogens (tertiary/aromatic N) is 2. The summed E-state index contributed by atoms with van der Waals surface area (Å²) in [6.07, 6.45) is 3.20. The van der Waals surface area contributed by atoms with E-state index in [1.165, 1.54) is 6.33 Å². The van der Waals surface area contributed by atoms with Gasteiger partial charge in [0.2, 0.25) is 0 Å². The number of rotatable bonds is 1. The van der Waals surface area contributed by atoms with E-state index in [4.69, 9.17) is 5.73 Å². The molecule has 2 aromatic rings. The maximum atomic E-state index is 11.8. The van der Waals surface area contributed by atoms with Crippen LogP contribution >= 0.6 is 0 Å². The average molecular weight is 286 g/mol. The molecule has 4 N–H and O–H groups in total. The highest BCUT2D eigenvalue weighted by molar-refractivity contribution is 5.88. The van der Waals surface area contributed by atoms with Crippen LogP contribution in [0.2, 0.25) is 0 Å². The van der Waals surface area contributed by atoms with Crippen molar-refractivity contribution < 1.29 is 5.11 Å². The van der Waals surface area contributed by atoms with E-state index in [2.05, 4.69) is 14.9 Å². The first-order valence-electron chi connectivity index (χ1n) is 7.33. The molecule has 1 aliphatic heterocycles. The van der Waals surface area contributed by atoms with Crippen LogP contribution in [-0.4, -0.2) is 34.3 Å². The fourth-order valence-electron chi connectivity index (χ4n) is 3.83. The van der Waals surface area contributed by atoms with Crippen molar-refractivity contribution in [2.45, 2.75) is 18.9 Å². The number of nitrogens with two attached hydrogens (primary N) is 1. The Morgan fingerprint density at radius 2 is 2.19 bits per heavy atom. The molecule has 0 radical (unpaired) electrons. The van der Waals surface area contributed by atoms with Gasteiger partial charge in [0.1, 0.15) is 0 Å². The molecule has 3 atom stereocenters. The molecular formula is C15H18N4O2. The standard InChI is InChI=1S/C15H18N4O2/c16-11-3-9-12(17-7-18-15(9)21)4-13(11)19-5-8-1-2-14(20)10(8)6-19/h3-4,7-8,10,14,20H,1-2,5-6,16H2,(H,17,18,21). The van der Waals surface area contributed by atoms with Gasteiger partial charge < -0.3 is 20.7 Å². The molecule has 2 aliphatic rings. The van der Waals surface area contributed by atoms with Gasteiger partial charge in [-0.1, -0.05) is 0 Å². The minimum atomic E-state index is -0.192. The lowest BCUT2D eigenvalue weighted by Crippen LogP contribution is -2.25. The summed E-state index contributed by atoms with van der Waals surface area (Å²) < 4.78 is 0. The largest absolute Gasteiger partial charge is 0.397 e. The van der Waals surface area contributed by atoms with E-state index in [1.807, 2.05) is 6.07 Å². The molecule has 21 heavy (non-hydrogen) atoms. The summed E-state index contributed by atoms with van der Waals surface area (Å²) in [5.41, 5.74) is 8.13. The van der Waals surface area contributed by atoms with Crippen LogP contribution in [-0.2, 0) is 0 Å². The quantitative estimate of drug-likeness (QED) is 0.671. The van der Waals surface area contributed by atoms with Crippen molar-refractivity contribution in [3.8, 4) is 0 Å². The molecule has 6 heteroatoms. The summed E-state index contributed by atoms with van der Waals surface area (Å²) in [6, 6.07) is 3.58. The molecule has 6 nitrogen and oxygen atoms in total. The number of aromatic amines is 1. The van der Waals surface area contributed by atoms with Crippen molar-refractivity contribution >= 4 is 22.3 Å². The van der Waals surface area contributed by atoms with Gasteiger partial charge in [0.15, 0.2) is 0 Å². The first kappa shape index (κ1) is 12.6. The van der Waals surface area contributed by atoms with Crippen molar-refractivity contribution in [1.82, 2.24) is 9.97 Å². The van der Waals surface area contributed by atoms with E-state index >= 15 is 0 Å². The van der Waals surface area contributed by atoms with Gasteiger partial charge in [0, 0.05) is 19.0 Å². The Labute approximate surface area is 121 Å². The number of hydrogen-bond acceptors (Lipinski definition) is 5. The molecule has 1 saturated carbocycles. The SMILES string of the molecule is Nc1cc2c(=O)[nH]cnc2cc1N1CC2CCC(O)C2C1. The summed E-state index contributed by atoms with van der Waals surface area (Å²) in [4.78, 5) is 20.8. The Morgan fingerprint density at radius 3 is 3.00 bits per heavy atom. The highest BCUT2D eigenvalue weighted by atomic mass is 16.3. The molecule has 110 valence electrons. The molecule has 1 aliphatic carbocycles. The van der Waals surface area contributed by atoms with Crippen molar-refractivity contribution in [1.29, 1.82) is 0 Å². The van der Waals surface area contributed by atoms with Crippen LogP contribution in [0.25, 0.3) is 10.9 Å². The molecule has 1 aromatic carbocycles. The molecular weight excluding hydrogens is 268 g/mol. The lowest BCUT2D eigenvalue weighted by molar-refractivity contribution is 0.133. The van der Waals surface area contributed by atoms with Crippen molar-refractivity contribution in [2.24, 2.45) is 11.8 Å². The highest BCUT2D eigenvalue weighted by Gasteiger charge is 2.42. The van der Waals surface area contributed by atoms with Gasteiger partial charge in [-0.15, -0.1) is 0 Å². The van der Waals surface area contributed by atoms with E-state index < -0.39 is 0 Å². The van der Waals surface area contributed by atoms with Gasteiger partial charge in [-0.05, 0) is 30.9 Å². The Balaban J connectivity index is 1.74. The zero-order valence-corrected chi connectivity index (χ0v) is 11.6. The van der Waals surface area contributed by atoms with E-state index in [9.17, 15) is 9.90 Å². The number of aliphatic hydroxyl groups is 1. The van der Waals surface area contributed by atoms with Gasteiger partial charge in [0.25, 0.3) is 5.56 Å². The Hall–Kier alpha value is -2.08. The van der Waals surface area contributed by atoms with Crippen LogP contribution in [0.3, 0.4) is 0 Å². The Morgan fingerprint density at radius 1 is 1.33 bits per heavy atom. The minimum absolute atomic E-state index is 0.174. The summed E-state index contributed by atoms with van der Waals surface area (Å²) >= 11 is 0. The van der Waals surface area contributed by atoms with Gasteiger partial charge in [-0.2, -0.15) is 0 Å². The smallest absolute Gasteiger partial charge is 0.258 e. The predicted molar refractivity (Wildman–Crippen MR) is 81.2 cm³/mol. The minimum Gasteiger partial charge on any atom is -0.397 e. The molecule has 2 heterocycles. The van der Waals surface area contributed by atoms with E-state index in [0.717, 1.165) is 31.6 Å². The number of benzene rings is 1. The number of nitrogen functional groups attached to an aromatic ring is 1. The third kappa shape index (κ3) is 1.90. The molecule has 2 fully saturated rings. The van der Waals surface area contributed by atoms with E-state index in [1.54, 1.807) is 6.07 Å². The van der Waals surface area contributed by atoms with Crippen LogP contribution in [0.1, 0.15) is 12.8 Å². The fourth-order valence-corrected chi connectivity index (χ4v) is 3.83. The summed E-state index contributed by atoms with van der Waals surface area (Å²) in [7, 11) is 0. The third-order valence-corrected chi connectivity index (χ3v) is 4.95. The number of H-pyrrole nitrogens is 1. The lowest BCUT2D eigenvalue weighted by Gasteiger charge is -2.22. The maximum Gasteiger partial charge on any atom is 0.258 e. The highest BCUT2D eigenvalue weighted by Crippen LogP contribution is 2.41. The Bertz CT molecular complexity index is 757. The number of nitrogens with one attached hydrogen (secondary N) is 1. The molecule has 1 saturated heterocycles. The van der Waals surface area contributed by atoms with Crippen molar-refractivity contribution in [3.05, 3.63) is 28.8 Å². The molecule has 0 spiro atoms. The first-order chi connectivity index (χ1) is 10.1. The van der Waals surface area contributed by atoms with Gasteiger partial charge >= 0.3 is 0 Å². The number of fused-ring (bicyclic) bond motifs is 2. The van der Waals surface area contributed by atoms with Crippen molar-refractivity contribution in [3.63, 3.8) is 0 Å². The number of hydrogen-bond donors (Lipinski definition) is 3. The second kappa shape index (κ2) is 4.46. The summed E-state index contributed by atoms with van der Waals surface area (Å²) in [5, 5.41) is 10.5. The zero-order valence-electron chi connectivity index (χ0n) is 11.6. The predicted octanol–water partition coefficient (Wildman–Crippen LogP) is 0.712. The zero-order chi connectivity index (χ0) is 14.6. The lowest BCUT2D eigenvalue weighted by atomic mass is 10.00. The second-order valence-corrected chi connectivity index (χ2v) is 6.13. The second-order valence-electron chi connectivity index (χ2n) is 6.13.